The van der Waals surface area contributed by atoms with E-state index in [2.05, 4.69) is 21.2 Å². The fourth-order valence-electron chi connectivity index (χ4n) is 3.30. The van der Waals surface area contributed by atoms with Crippen molar-refractivity contribution in [3.8, 4) is 0 Å². The van der Waals surface area contributed by atoms with E-state index in [0.717, 1.165) is 20.5 Å². The maximum atomic E-state index is 13.2. The second-order valence-corrected chi connectivity index (χ2v) is 10.3. The second-order valence-electron chi connectivity index (χ2n) is 6.52. The van der Waals surface area contributed by atoms with Gasteiger partial charge in [-0.3, -0.25) is 4.79 Å². The Labute approximate surface area is 170 Å². The number of rotatable bonds is 3. The van der Waals surface area contributed by atoms with Crippen LogP contribution in [-0.4, -0.2) is 14.3 Å². The van der Waals surface area contributed by atoms with E-state index < -0.39 is 9.84 Å². The van der Waals surface area contributed by atoms with Gasteiger partial charge >= 0.3 is 0 Å². The van der Waals surface area contributed by atoms with Gasteiger partial charge in [-0.15, -0.1) is 11.3 Å². The number of hydrogen-bond donors (Lipinski definition) is 1. The molecule has 2 aromatic carbocycles. The number of nitrogens with one attached hydrogen (secondary N) is 1. The number of carbonyl (C=O) groups is 1. The molecule has 0 aliphatic carbocycles. The number of hydrogen-bond acceptors (Lipinski definition) is 4. The van der Waals surface area contributed by atoms with Gasteiger partial charge in [0, 0.05) is 27.1 Å². The molecule has 4 nitrogen and oxygen atoms in total. The summed E-state index contributed by atoms with van der Waals surface area (Å²) in [4.78, 5) is 13.6. The lowest BCUT2D eigenvalue weighted by Gasteiger charge is -2.24. The zero-order valence-electron chi connectivity index (χ0n) is 14.4. The van der Waals surface area contributed by atoms with Crippen LogP contribution in [0.4, 0.5) is 5.69 Å². The number of carbonyl (C=O) groups excluding carboxylic acids is 1. The van der Waals surface area contributed by atoms with Crippen LogP contribution in [0.3, 0.4) is 0 Å². The van der Waals surface area contributed by atoms with Crippen molar-refractivity contribution < 1.29 is 13.2 Å². The fourth-order valence-corrected chi connectivity index (χ4v) is 6.73. The van der Waals surface area contributed by atoms with Crippen molar-refractivity contribution in [2.75, 3.05) is 5.32 Å². The van der Waals surface area contributed by atoms with Crippen LogP contribution in [0.25, 0.3) is 0 Å². The van der Waals surface area contributed by atoms with Crippen molar-refractivity contribution in [1.82, 2.24) is 0 Å². The first-order valence-electron chi connectivity index (χ1n) is 8.35. The lowest BCUT2D eigenvalue weighted by atomic mass is 9.91. The van der Waals surface area contributed by atoms with Crippen LogP contribution >= 0.6 is 27.3 Å². The van der Waals surface area contributed by atoms with Gasteiger partial charge in [0.25, 0.3) is 0 Å². The van der Waals surface area contributed by atoms with Crippen LogP contribution in [0.5, 0.6) is 0 Å². The van der Waals surface area contributed by atoms with Crippen LogP contribution in [0.15, 0.2) is 68.2 Å². The summed E-state index contributed by atoms with van der Waals surface area (Å²) in [5, 5.41) is 4.43. The van der Waals surface area contributed by atoms with E-state index in [1.807, 2.05) is 37.3 Å². The smallest absolute Gasteiger partial charge is 0.225 e. The van der Waals surface area contributed by atoms with Crippen molar-refractivity contribution in [1.29, 1.82) is 0 Å². The van der Waals surface area contributed by atoms with E-state index in [0.29, 0.717) is 12.1 Å². The molecule has 27 heavy (non-hydrogen) atoms. The monoisotopic (exact) mass is 461 g/mol. The molecule has 0 spiro atoms. The normalized spacial score (nSPS) is 16.7. The molecule has 3 aromatic rings. The average molecular weight is 462 g/mol. The maximum Gasteiger partial charge on any atom is 0.225 e. The van der Waals surface area contributed by atoms with Gasteiger partial charge in [0.05, 0.1) is 10.6 Å². The number of benzene rings is 2. The lowest BCUT2D eigenvalue weighted by molar-refractivity contribution is -0.116. The molecule has 0 bridgehead atoms. The summed E-state index contributed by atoms with van der Waals surface area (Å²) in [6.45, 7) is 1.85. The SMILES string of the molecule is Cc1cccc(S(=O)(=O)c2csc3c2NC(=O)C[C@H]3c2cccc(Br)c2)c1. The number of aryl methyl sites for hydroxylation is 1. The van der Waals surface area contributed by atoms with Gasteiger partial charge in [0.2, 0.25) is 15.7 Å². The van der Waals surface area contributed by atoms with Gasteiger partial charge in [0.1, 0.15) is 4.90 Å². The molecule has 0 saturated heterocycles. The van der Waals surface area contributed by atoms with Gasteiger partial charge in [-0.25, -0.2) is 8.42 Å². The van der Waals surface area contributed by atoms with E-state index in [9.17, 15) is 13.2 Å². The van der Waals surface area contributed by atoms with Crippen LogP contribution in [0.2, 0.25) is 0 Å². The minimum atomic E-state index is -3.71. The molecule has 0 saturated carbocycles. The first-order chi connectivity index (χ1) is 12.9. The summed E-state index contributed by atoms with van der Waals surface area (Å²) >= 11 is 4.84. The molecule has 1 amide bonds. The Morgan fingerprint density at radius 3 is 2.67 bits per heavy atom. The highest BCUT2D eigenvalue weighted by molar-refractivity contribution is 9.10. The molecular weight excluding hydrogens is 446 g/mol. The third-order valence-corrected chi connectivity index (χ3v) is 8.11. The molecule has 7 heteroatoms. The quantitative estimate of drug-likeness (QED) is 0.587. The molecule has 1 atom stereocenters. The van der Waals surface area contributed by atoms with Crippen molar-refractivity contribution in [3.63, 3.8) is 0 Å². The molecule has 2 heterocycles. The topological polar surface area (TPSA) is 63.2 Å². The molecule has 138 valence electrons. The number of sulfone groups is 1. The Hall–Kier alpha value is -1.96. The summed E-state index contributed by atoms with van der Waals surface area (Å²) in [5.74, 6) is -0.329. The van der Waals surface area contributed by atoms with Crippen LogP contribution < -0.4 is 5.32 Å². The van der Waals surface area contributed by atoms with Gasteiger partial charge in [-0.1, -0.05) is 40.2 Å². The Bertz CT molecular complexity index is 1150. The number of halogens is 1. The summed E-state index contributed by atoms with van der Waals surface area (Å²) in [6.07, 6.45) is 0.300. The molecule has 0 fully saturated rings. The lowest BCUT2D eigenvalue weighted by Crippen LogP contribution is -2.23. The van der Waals surface area contributed by atoms with E-state index in [1.165, 1.54) is 11.3 Å². The Morgan fingerprint density at radius 2 is 1.93 bits per heavy atom. The van der Waals surface area contributed by atoms with E-state index >= 15 is 0 Å². The average Bonchev–Trinajstić information content (AvgIpc) is 3.05. The first-order valence-corrected chi connectivity index (χ1v) is 11.5. The highest BCUT2D eigenvalue weighted by atomic mass is 79.9. The van der Waals surface area contributed by atoms with Gasteiger partial charge < -0.3 is 5.32 Å². The molecule has 1 aliphatic heterocycles. The Balaban J connectivity index is 1.85. The minimum Gasteiger partial charge on any atom is -0.324 e. The number of thiophene rings is 1. The third kappa shape index (κ3) is 3.35. The van der Waals surface area contributed by atoms with Crippen molar-refractivity contribution in [2.24, 2.45) is 0 Å². The zero-order valence-corrected chi connectivity index (χ0v) is 17.6. The number of amides is 1. The van der Waals surface area contributed by atoms with E-state index in [4.69, 9.17) is 0 Å². The summed E-state index contributed by atoms with van der Waals surface area (Å²) in [6, 6.07) is 14.6. The molecule has 1 aliphatic rings. The summed E-state index contributed by atoms with van der Waals surface area (Å²) in [5.41, 5.74) is 2.28. The van der Waals surface area contributed by atoms with Crippen molar-refractivity contribution in [2.45, 2.75) is 29.1 Å². The largest absolute Gasteiger partial charge is 0.324 e. The van der Waals surface area contributed by atoms with Crippen LogP contribution in [-0.2, 0) is 14.6 Å². The van der Waals surface area contributed by atoms with E-state index in [-0.39, 0.29) is 21.6 Å². The molecular formula is C20H16BrNO3S2. The van der Waals surface area contributed by atoms with Crippen molar-refractivity contribution in [3.05, 3.63) is 74.4 Å². The van der Waals surface area contributed by atoms with Gasteiger partial charge in [-0.05, 0) is 42.3 Å². The first kappa shape index (κ1) is 18.4. The van der Waals surface area contributed by atoms with Gasteiger partial charge in [-0.2, -0.15) is 0 Å². The predicted molar refractivity (Wildman–Crippen MR) is 110 cm³/mol. The predicted octanol–water partition coefficient (Wildman–Crippen LogP) is 5.13. The number of fused-ring (bicyclic) bond motifs is 1. The van der Waals surface area contributed by atoms with Gasteiger partial charge in [0.15, 0.2) is 0 Å². The Morgan fingerprint density at radius 1 is 1.15 bits per heavy atom. The third-order valence-electron chi connectivity index (χ3n) is 4.60. The summed E-state index contributed by atoms with van der Waals surface area (Å²) in [7, 11) is -3.71. The zero-order chi connectivity index (χ0) is 19.2. The summed E-state index contributed by atoms with van der Waals surface area (Å²) < 4.78 is 27.3. The highest BCUT2D eigenvalue weighted by Crippen LogP contribution is 2.46. The second kappa shape index (κ2) is 6.89. The molecule has 1 aromatic heterocycles. The van der Waals surface area contributed by atoms with E-state index in [1.54, 1.807) is 23.6 Å². The molecule has 1 N–H and O–H groups in total. The molecule has 4 rings (SSSR count). The Kier molecular flexibility index (Phi) is 4.70. The van der Waals surface area contributed by atoms with Crippen LogP contribution in [0.1, 0.15) is 28.3 Å². The number of anilines is 1. The standard InChI is InChI=1S/C20H16BrNO3S2/c1-12-4-2-7-15(8-12)27(24,25)17-11-26-20-16(10-18(23)22-19(17)20)13-5-3-6-14(21)9-13/h2-9,11,16H,10H2,1H3,(H,22,23)/t16-/m0/s1. The maximum absolute atomic E-state index is 13.2. The van der Waals surface area contributed by atoms with Crippen molar-refractivity contribution >= 4 is 48.7 Å². The molecule has 0 unspecified atom stereocenters. The highest BCUT2D eigenvalue weighted by Gasteiger charge is 2.34. The fraction of sp³-hybridized carbons (Fsp3) is 0.150. The van der Waals surface area contributed by atoms with Crippen LogP contribution in [0, 0.1) is 6.92 Å². The molecule has 0 radical (unpaired) electrons. The minimum absolute atomic E-state index is 0.155.